The van der Waals surface area contributed by atoms with E-state index in [4.69, 9.17) is 0 Å². The van der Waals surface area contributed by atoms with Crippen LogP contribution >= 0.6 is 0 Å². The molecule has 2 aromatic rings. The lowest BCUT2D eigenvalue weighted by Gasteiger charge is -2.23. The van der Waals surface area contributed by atoms with Gasteiger partial charge >= 0.3 is 0 Å². The summed E-state index contributed by atoms with van der Waals surface area (Å²) in [6, 6.07) is 10.2. The molecule has 0 aliphatic carbocycles. The second kappa shape index (κ2) is 7.66. The summed E-state index contributed by atoms with van der Waals surface area (Å²) in [6.07, 6.45) is 5.37. The van der Waals surface area contributed by atoms with Gasteiger partial charge in [0.25, 0.3) is 5.91 Å². The molecule has 2 heterocycles. The van der Waals surface area contributed by atoms with E-state index in [1.54, 1.807) is 12.4 Å². The molecule has 25 heavy (non-hydrogen) atoms. The third-order valence-corrected chi connectivity index (χ3v) is 4.52. The van der Waals surface area contributed by atoms with Gasteiger partial charge in [0.05, 0.1) is 11.3 Å². The fraction of sp³-hybridized carbons (Fsp3) is 0.400. The van der Waals surface area contributed by atoms with E-state index in [2.05, 4.69) is 42.3 Å². The second-order valence-electron chi connectivity index (χ2n) is 6.90. The Morgan fingerprint density at radius 2 is 2.12 bits per heavy atom. The van der Waals surface area contributed by atoms with Crippen LogP contribution in [0.4, 0.5) is 11.4 Å². The highest BCUT2D eigenvalue weighted by atomic mass is 16.2. The molecule has 1 atom stereocenters. The summed E-state index contributed by atoms with van der Waals surface area (Å²) in [4.78, 5) is 21.3. The van der Waals surface area contributed by atoms with Gasteiger partial charge in [-0.1, -0.05) is 18.2 Å². The Morgan fingerprint density at radius 3 is 2.92 bits per heavy atom. The van der Waals surface area contributed by atoms with Crippen LogP contribution in [0, 0.1) is 0 Å². The number of pyridine rings is 1. The third kappa shape index (κ3) is 3.99. The van der Waals surface area contributed by atoms with E-state index in [-0.39, 0.29) is 11.9 Å². The van der Waals surface area contributed by atoms with Gasteiger partial charge < -0.3 is 15.1 Å². The van der Waals surface area contributed by atoms with Gasteiger partial charge in [0, 0.05) is 30.7 Å². The first-order valence-electron chi connectivity index (χ1n) is 8.81. The second-order valence-corrected chi connectivity index (χ2v) is 6.90. The fourth-order valence-corrected chi connectivity index (χ4v) is 3.30. The Labute approximate surface area is 149 Å². The number of para-hydroxylation sites is 1. The van der Waals surface area contributed by atoms with Crippen molar-refractivity contribution in [3.05, 3.63) is 53.9 Å². The van der Waals surface area contributed by atoms with E-state index in [1.807, 2.05) is 29.2 Å². The monoisotopic (exact) mass is 338 g/mol. The topological polar surface area (TPSA) is 48.5 Å². The Hall–Kier alpha value is -2.40. The molecular formula is C20H26N4O. The summed E-state index contributed by atoms with van der Waals surface area (Å²) in [5.41, 5.74) is 3.77. The van der Waals surface area contributed by atoms with E-state index in [9.17, 15) is 4.79 Å². The minimum atomic E-state index is 0.0156. The number of benzene rings is 1. The molecule has 5 heteroatoms. The van der Waals surface area contributed by atoms with E-state index < -0.39 is 0 Å². The molecule has 1 unspecified atom stereocenters. The normalized spacial score (nSPS) is 16.2. The first kappa shape index (κ1) is 17.4. The summed E-state index contributed by atoms with van der Waals surface area (Å²) in [7, 11) is 4.13. The van der Waals surface area contributed by atoms with Crippen molar-refractivity contribution in [3.63, 3.8) is 0 Å². The van der Waals surface area contributed by atoms with Crippen molar-refractivity contribution < 1.29 is 4.79 Å². The summed E-state index contributed by atoms with van der Waals surface area (Å²) in [6.45, 7) is 3.98. The van der Waals surface area contributed by atoms with Gasteiger partial charge in [-0.2, -0.15) is 0 Å². The first-order valence-corrected chi connectivity index (χ1v) is 8.81. The number of carbonyl (C=O) groups excluding carboxylic acids is 1. The largest absolute Gasteiger partial charge is 0.384 e. The molecule has 132 valence electrons. The van der Waals surface area contributed by atoms with Gasteiger partial charge in [0.15, 0.2) is 0 Å². The van der Waals surface area contributed by atoms with Gasteiger partial charge in [-0.05, 0) is 58.1 Å². The van der Waals surface area contributed by atoms with Crippen LogP contribution in [0.2, 0.25) is 0 Å². The van der Waals surface area contributed by atoms with Crippen molar-refractivity contribution in [2.24, 2.45) is 0 Å². The SMILES string of the molecule is CC1Cc2ccccc2N1C(=O)c1cncc(NCCCN(C)C)c1. The fourth-order valence-electron chi connectivity index (χ4n) is 3.30. The molecule has 1 aliphatic heterocycles. The van der Waals surface area contributed by atoms with Crippen molar-refractivity contribution in [1.82, 2.24) is 9.88 Å². The van der Waals surface area contributed by atoms with Crippen LogP contribution in [-0.4, -0.2) is 49.0 Å². The lowest BCUT2D eigenvalue weighted by molar-refractivity contribution is 0.0981. The molecule has 0 saturated carbocycles. The lowest BCUT2D eigenvalue weighted by atomic mass is 10.1. The highest BCUT2D eigenvalue weighted by Gasteiger charge is 2.31. The summed E-state index contributed by atoms with van der Waals surface area (Å²) < 4.78 is 0. The molecule has 0 radical (unpaired) electrons. The maximum absolute atomic E-state index is 13.0. The lowest BCUT2D eigenvalue weighted by Crippen LogP contribution is -2.35. The standard InChI is InChI=1S/C20H26N4O/c1-15-11-16-7-4-5-8-19(16)24(15)20(25)17-12-18(14-21-13-17)22-9-6-10-23(2)3/h4-5,7-8,12-15,22H,6,9-11H2,1-3H3. The Balaban J connectivity index is 1.71. The molecule has 0 spiro atoms. The molecule has 1 aromatic heterocycles. The van der Waals surface area contributed by atoms with E-state index >= 15 is 0 Å². The minimum absolute atomic E-state index is 0.0156. The number of nitrogens with zero attached hydrogens (tertiary/aromatic N) is 3. The summed E-state index contributed by atoms with van der Waals surface area (Å²) in [5, 5.41) is 3.36. The maximum atomic E-state index is 13.0. The van der Waals surface area contributed by atoms with E-state index in [0.29, 0.717) is 5.56 Å². The predicted octanol–water partition coefficient (Wildman–Crippen LogP) is 3.04. The summed E-state index contributed by atoms with van der Waals surface area (Å²) >= 11 is 0. The number of rotatable bonds is 6. The molecule has 1 amide bonds. The van der Waals surface area contributed by atoms with Crippen LogP contribution in [0.15, 0.2) is 42.7 Å². The number of hydrogen-bond acceptors (Lipinski definition) is 4. The van der Waals surface area contributed by atoms with Gasteiger partial charge in [-0.3, -0.25) is 9.78 Å². The number of hydrogen-bond donors (Lipinski definition) is 1. The van der Waals surface area contributed by atoms with Crippen LogP contribution < -0.4 is 10.2 Å². The Kier molecular flexibility index (Phi) is 5.34. The molecule has 1 aromatic carbocycles. The van der Waals surface area contributed by atoms with Gasteiger partial charge in [-0.15, -0.1) is 0 Å². The van der Waals surface area contributed by atoms with Crippen molar-refractivity contribution in [3.8, 4) is 0 Å². The number of carbonyl (C=O) groups is 1. The maximum Gasteiger partial charge on any atom is 0.260 e. The molecule has 3 rings (SSSR count). The molecule has 0 bridgehead atoms. The highest BCUT2D eigenvalue weighted by molar-refractivity contribution is 6.08. The predicted molar refractivity (Wildman–Crippen MR) is 102 cm³/mol. The first-order chi connectivity index (χ1) is 12.1. The number of fused-ring (bicyclic) bond motifs is 1. The van der Waals surface area contributed by atoms with Crippen LogP contribution in [-0.2, 0) is 6.42 Å². The number of amides is 1. The molecule has 0 saturated heterocycles. The molecule has 1 N–H and O–H groups in total. The van der Waals surface area contributed by atoms with Gasteiger partial charge in [-0.25, -0.2) is 0 Å². The molecule has 1 aliphatic rings. The average molecular weight is 338 g/mol. The van der Waals surface area contributed by atoms with Crippen molar-refractivity contribution in [2.75, 3.05) is 37.4 Å². The molecule has 5 nitrogen and oxygen atoms in total. The zero-order chi connectivity index (χ0) is 17.8. The zero-order valence-corrected chi connectivity index (χ0v) is 15.2. The zero-order valence-electron chi connectivity index (χ0n) is 15.2. The quantitative estimate of drug-likeness (QED) is 0.823. The average Bonchev–Trinajstić information content (AvgIpc) is 2.94. The highest BCUT2D eigenvalue weighted by Crippen LogP contribution is 2.33. The van der Waals surface area contributed by atoms with Crippen molar-refractivity contribution in [2.45, 2.75) is 25.8 Å². The van der Waals surface area contributed by atoms with Gasteiger partial charge in [0.2, 0.25) is 0 Å². The molecular weight excluding hydrogens is 312 g/mol. The minimum Gasteiger partial charge on any atom is -0.384 e. The number of nitrogens with one attached hydrogen (secondary N) is 1. The van der Waals surface area contributed by atoms with Crippen LogP contribution in [0.5, 0.6) is 0 Å². The number of anilines is 2. The van der Waals surface area contributed by atoms with Crippen LogP contribution in [0.3, 0.4) is 0 Å². The Morgan fingerprint density at radius 1 is 1.32 bits per heavy atom. The van der Waals surface area contributed by atoms with Crippen LogP contribution in [0.25, 0.3) is 0 Å². The van der Waals surface area contributed by atoms with E-state index in [1.165, 1.54) is 5.56 Å². The van der Waals surface area contributed by atoms with Crippen LogP contribution in [0.1, 0.15) is 29.3 Å². The van der Waals surface area contributed by atoms with Crippen molar-refractivity contribution >= 4 is 17.3 Å². The molecule has 0 fully saturated rings. The number of aromatic nitrogens is 1. The van der Waals surface area contributed by atoms with Gasteiger partial charge in [0.1, 0.15) is 0 Å². The van der Waals surface area contributed by atoms with E-state index in [0.717, 1.165) is 37.3 Å². The smallest absolute Gasteiger partial charge is 0.260 e. The summed E-state index contributed by atoms with van der Waals surface area (Å²) in [5.74, 6) is 0.0156. The third-order valence-electron chi connectivity index (χ3n) is 4.52. The Bertz CT molecular complexity index is 744. The van der Waals surface area contributed by atoms with Crippen molar-refractivity contribution in [1.29, 1.82) is 0 Å².